The maximum atomic E-state index is 11.5. The number of rotatable bonds is 11. The fraction of sp³-hybridized carbons (Fsp3) is 0.938. The van der Waals surface area contributed by atoms with E-state index in [0.29, 0.717) is 19.8 Å². The molecular weight excluding hydrogens is 284 g/mol. The van der Waals surface area contributed by atoms with Crippen LogP contribution in [0.4, 0.5) is 4.79 Å². The summed E-state index contributed by atoms with van der Waals surface area (Å²) in [4.78, 5) is 11.5. The average Bonchev–Trinajstić information content (AvgIpc) is 2.37. The lowest BCUT2D eigenvalue weighted by atomic mass is 10.1. The molecule has 6 nitrogen and oxygen atoms in total. The number of alkyl carbamates (subject to hydrolysis) is 1. The van der Waals surface area contributed by atoms with Crippen LogP contribution >= 0.6 is 0 Å². The average molecular weight is 318 g/mol. The standard InChI is InChI=1S/C16H34N2O4/c1-13(2)21-11-10-17-14(12-20-6)8-7-9-18-15(19)22-16(3,4)5/h13-14,17H,7-12H2,1-6H3,(H,18,19). The second-order valence-corrected chi connectivity index (χ2v) is 6.60. The highest BCUT2D eigenvalue weighted by Gasteiger charge is 2.15. The van der Waals surface area contributed by atoms with Crippen molar-refractivity contribution in [2.45, 2.75) is 65.2 Å². The maximum Gasteiger partial charge on any atom is 0.407 e. The minimum Gasteiger partial charge on any atom is -0.444 e. The van der Waals surface area contributed by atoms with Crippen LogP contribution in [0.25, 0.3) is 0 Å². The second kappa shape index (κ2) is 11.7. The number of carbonyl (C=O) groups excluding carboxylic acids is 1. The van der Waals surface area contributed by atoms with Gasteiger partial charge in [-0.15, -0.1) is 0 Å². The molecule has 0 aliphatic carbocycles. The Balaban J connectivity index is 3.79. The van der Waals surface area contributed by atoms with Crippen LogP contribution in [0.3, 0.4) is 0 Å². The van der Waals surface area contributed by atoms with Gasteiger partial charge in [-0.1, -0.05) is 0 Å². The van der Waals surface area contributed by atoms with Crippen molar-refractivity contribution in [1.29, 1.82) is 0 Å². The Morgan fingerprint density at radius 2 is 1.86 bits per heavy atom. The zero-order chi connectivity index (χ0) is 17.0. The van der Waals surface area contributed by atoms with Crippen molar-refractivity contribution in [2.24, 2.45) is 0 Å². The van der Waals surface area contributed by atoms with E-state index in [0.717, 1.165) is 19.4 Å². The minimum absolute atomic E-state index is 0.251. The molecule has 1 atom stereocenters. The van der Waals surface area contributed by atoms with E-state index >= 15 is 0 Å². The van der Waals surface area contributed by atoms with Gasteiger partial charge in [0.25, 0.3) is 0 Å². The topological polar surface area (TPSA) is 68.8 Å². The van der Waals surface area contributed by atoms with E-state index in [1.165, 1.54) is 0 Å². The first kappa shape index (κ1) is 21.1. The quantitative estimate of drug-likeness (QED) is 0.572. The molecule has 0 bridgehead atoms. The summed E-state index contributed by atoms with van der Waals surface area (Å²) in [5, 5.41) is 6.17. The first-order valence-electron chi connectivity index (χ1n) is 8.05. The molecule has 1 amide bonds. The fourth-order valence-electron chi connectivity index (χ4n) is 1.86. The van der Waals surface area contributed by atoms with Crippen molar-refractivity contribution in [2.75, 3.05) is 33.4 Å². The van der Waals surface area contributed by atoms with Crippen molar-refractivity contribution >= 4 is 6.09 Å². The lowest BCUT2D eigenvalue weighted by molar-refractivity contribution is 0.0526. The number of carbonyl (C=O) groups is 1. The Bertz CT molecular complexity index is 290. The lowest BCUT2D eigenvalue weighted by Gasteiger charge is -2.20. The van der Waals surface area contributed by atoms with Gasteiger partial charge in [0.1, 0.15) is 5.60 Å². The molecule has 22 heavy (non-hydrogen) atoms. The Morgan fingerprint density at radius 1 is 1.18 bits per heavy atom. The predicted molar refractivity (Wildman–Crippen MR) is 88.2 cm³/mol. The highest BCUT2D eigenvalue weighted by Crippen LogP contribution is 2.06. The molecule has 0 spiro atoms. The number of hydrogen-bond acceptors (Lipinski definition) is 5. The summed E-state index contributed by atoms with van der Waals surface area (Å²) in [5.74, 6) is 0. The zero-order valence-corrected chi connectivity index (χ0v) is 15.0. The summed E-state index contributed by atoms with van der Waals surface area (Å²) in [6.07, 6.45) is 1.67. The molecule has 0 saturated carbocycles. The van der Waals surface area contributed by atoms with Crippen molar-refractivity contribution in [3.05, 3.63) is 0 Å². The third-order valence-electron chi connectivity index (χ3n) is 2.75. The first-order valence-corrected chi connectivity index (χ1v) is 8.05. The fourth-order valence-corrected chi connectivity index (χ4v) is 1.86. The van der Waals surface area contributed by atoms with Gasteiger partial charge >= 0.3 is 6.09 Å². The van der Waals surface area contributed by atoms with E-state index in [1.54, 1.807) is 7.11 Å². The van der Waals surface area contributed by atoms with Gasteiger partial charge in [0.05, 0.1) is 19.3 Å². The van der Waals surface area contributed by atoms with Gasteiger partial charge in [-0.3, -0.25) is 0 Å². The van der Waals surface area contributed by atoms with E-state index < -0.39 is 5.60 Å². The van der Waals surface area contributed by atoms with Crippen molar-refractivity contribution in [3.8, 4) is 0 Å². The van der Waals surface area contributed by atoms with Crippen LogP contribution in [-0.2, 0) is 14.2 Å². The molecule has 0 aromatic rings. The molecule has 0 aromatic carbocycles. The molecule has 0 saturated heterocycles. The molecule has 0 aromatic heterocycles. The number of methoxy groups -OCH3 is 1. The van der Waals surface area contributed by atoms with Gasteiger partial charge in [-0.2, -0.15) is 0 Å². The normalized spacial score (nSPS) is 13.2. The monoisotopic (exact) mass is 318 g/mol. The molecule has 1 unspecified atom stereocenters. The molecule has 132 valence electrons. The van der Waals surface area contributed by atoms with Crippen LogP contribution in [0.1, 0.15) is 47.5 Å². The molecule has 0 radical (unpaired) electrons. The Morgan fingerprint density at radius 3 is 2.41 bits per heavy atom. The molecule has 0 heterocycles. The Hall–Kier alpha value is -0.850. The smallest absolute Gasteiger partial charge is 0.407 e. The van der Waals surface area contributed by atoms with Crippen molar-refractivity contribution < 1.29 is 19.0 Å². The lowest BCUT2D eigenvalue weighted by Crippen LogP contribution is -2.37. The molecule has 0 aliphatic heterocycles. The summed E-state index contributed by atoms with van der Waals surface area (Å²) in [5.41, 5.74) is -0.458. The van der Waals surface area contributed by atoms with Gasteiger partial charge in [-0.25, -0.2) is 4.79 Å². The molecular formula is C16H34N2O4. The van der Waals surface area contributed by atoms with Crippen LogP contribution in [0.15, 0.2) is 0 Å². The molecule has 2 N–H and O–H groups in total. The van der Waals surface area contributed by atoms with Crippen LogP contribution in [0.5, 0.6) is 0 Å². The van der Waals surface area contributed by atoms with E-state index in [-0.39, 0.29) is 18.2 Å². The summed E-state index contributed by atoms with van der Waals surface area (Å²) >= 11 is 0. The largest absolute Gasteiger partial charge is 0.444 e. The molecule has 0 rings (SSSR count). The number of amides is 1. The highest BCUT2D eigenvalue weighted by atomic mass is 16.6. The van der Waals surface area contributed by atoms with Crippen LogP contribution in [0, 0.1) is 0 Å². The van der Waals surface area contributed by atoms with Gasteiger partial charge in [0.2, 0.25) is 0 Å². The van der Waals surface area contributed by atoms with Crippen LogP contribution < -0.4 is 10.6 Å². The minimum atomic E-state index is -0.458. The highest BCUT2D eigenvalue weighted by molar-refractivity contribution is 5.67. The van der Waals surface area contributed by atoms with E-state index in [2.05, 4.69) is 10.6 Å². The first-order chi connectivity index (χ1) is 10.2. The van der Waals surface area contributed by atoms with Crippen molar-refractivity contribution in [1.82, 2.24) is 10.6 Å². The van der Waals surface area contributed by atoms with E-state index in [1.807, 2.05) is 34.6 Å². The third-order valence-corrected chi connectivity index (χ3v) is 2.75. The van der Waals surface area contributed by atoms with Crippen molar-refractivity contribution in [3.63, 3.8) is 0 Å². The summed E-state index contributed by atoms with van der Waals surface area (Å²) in [7, 11) is 1.69. The predicted octanol–water partition coefficient (Wildman–Crippen LogP) is 2.32. The SMILES string of the molecule is COCC(CCCNC(=O)OC(C)(C)C)NCCOC(C)C. The summed E-state index contributed by atoms with van der Waals surface area (Å²) in [6, 6.07) is 0.265. The summed E-state index contributed by atoms with van der Waals surface area (Å²) in [6.45, 7) is 12.3. The second-order valence-electron chi connectivity index (χ2n) is 6.60. The molecule has 0 fully saturated rings. The van der Waals surface area contributed by atoms with Gasteiger partial charge in [0, 0.05) is 26.2 Å². The number of hydrogen-bond donors (Lipinski definition) is 2. The Labute approximate surface area is 135 Å². The van der Waals surface area contributed by atoms with Crippen LogP contribution in [-0.4, -0.2) is 57.3 Å². The Kier molecular flexibility index (Phi) is 11.2. The number of ether oxygens (including phenoxy) is 3. The van der Waals surface area contributed by atoms with Gasteiger partial charge in [0.15, 0.2) is 0 Å². The number of nitrogens with one attached hydrogen (secondary N) is 2. The van der Waals surface area contributed by atoms with E-state index in [4.69, 9.17) is 14.2 Å². The molecule has 0 aliphatic rings. The maximum absolute atomic E-state index is 11.5. The van der Waals surface area contributed by atoms with Gasteiger partial charge < -0.3 is 24.8 Å². The molecule has 6 heteroatoms. The zero-order valence-electron chi connectivity index (χ0n) is 15.0. The van der Waals surface area contributed by atoms with E-state index in [9.17, 15) is 4.79 Å². The van der Waals surface area contributed by atoms with Crippen LogP contribution in [0.2, 0.25) is 0 Å². The third kappa shape index (κ3) is 14.1. The van der Waals surface area contributed by atoms with Gasteiger partial charge in [-0.05, 0) is 47.5 Å². The summed E-state index contributed by atoms with van der Waals surface area (Å²) < 4.78 is 15.9.